The van der Waals surface area contributed by atoms with E-state index in [-0.39, 0.29) is 23.2 Å². The third-order valence-electron chi connectivity index (χ3n) is 3.15. The van der Waals surface area contributed by atoms with Crippen LogP contribution in [-0.2, 0) is 9.59 Å². The van der Waals surface area contributed by atoms with Crippen molar-refractivity contribution < 1.29 is 14.7 Å². The number of hydrogen-bond donors (Lipinski definition) is 1. The Bertz CT molecular complexity index is 318. The molecule has 1 aliphatic heterocycles. The smallest absolute Gasteiger partial charge is 0.307 e. The summed E-state index contributed by atoms with van der Waals surface area (Å²) in [6.45, 7) is 7.61. The third-order valence-corrected chi connectivity index (χ3v) is 3.15. The lowest BCUT2D eigenvalue weighted by molar-refractivity contribution is -0.143. The maximum absolute atomic E-state index is 11.8. The number of amides is 1. The number of likely N-dealkylation sites (tertiary alicyclic amines) is 1. The van der Waals surface area contributed by atoms with E-state index in [1.165, 1.54) is 0 Å². The number of carboxylic acids is 1. The largest absolute Gasteiger partial charge is 0.481 e. The molecule has 2 aliphatic rings. The first kappa shape index (κ1) is 10.5. The van der Waals surface area contributed by atoms with E-state index in [4.69, 9.17) is 5.11 Å². The number of carboxylic acid groups (broad SMARTS) is 1. The molecule has 3 unspecified atom stereocenters. The summed E-state index contributed by atoms with van der Waals surface area (Å²) in [7, 11) is 0. The molecule has 1 saturated carbocycles. The monoisotopic (exact) mass is 211 g/mol. The van der Waals surface area contributed by atoms with Crippen molar-refractivity contribution in [2.24, 2.45) is 23.2 Å². The number of aliphatic carboxylic acids is 1. The van der Waals surface area contributed by atoms with Gasteiger partial charge in [0.1, 0.15) is 0 Å². The number of nitrogens with zero attached hydrogens (tertiary/aromatic N) is 1. The van der Waals surface area contributed by atoms with E-state index in [2.05, 4.69) is 20.8 Å². The van der Waals surface area contributed by atoms with Gasteiger partial charge in [-0.25, -0.2) is 0 Å². The maximum atomic E-state index is 11.8. The molecule has 1 amide bonds. The lowest BCUT2D eigenvalue weighted by atomic mass is 9.96. The normalized spacial score (nSPS) is 34.2. The predicted octanol–water partition coefficient (Wildman–Crippen LogP) is 0.822. The Morgan fingerprint density at radius 2 is 2.13 bits per heavy atom. The zero-order valence-electron chi connectivity index (χ0n) is 9.36. The van der Waals surface area contributed by atoms with Crippen LogP contribution >= 0.6 is 0 Å². The molecule has 0 radical (unpaired) electrons. The topological polar surface area (TPSA) is 57.6 Å². The molecule has 2 rings (SSSR count). The lowest BCUT2D eigenvalue weighted by Crippen LogP contribution is -2.37. The highest BCUT2D eigenvalue weighted by Crippen LogP contribution is 2.52. The van der Waals surface area contributed by atoms with Gasteiger partial charge in [-0.05, 0) is 5.41 Å². The molecule has 2 fully saturated rings. The van der Waals surface area contributed by atoms with Crippen molar-refractivity contribution in [1.82, 2.24) is 4.90 Å². The van der Waals surface area contributed by atoms with Gasteiger partial charge in [-0.1, -0.05) is 20.8 Å². The molecule has 0 aromatic rings. The molecule has 0 aromatic heterocycles. The molecule has 84 valence electrons. The quantitative estimate of drug-likeness (QED) is 0.735. The van der Waals surface area contributed by atoms with Gasteiger partial charge < -0.3 is 10.0 Å². The van der Waals surface area contributed by atoms with Crippen molar-refractivity contribution in [2.75, 3.05) is 13.1 Å². The summed E-state index contributed by atoms with van der Waals surface area (Å²) in [4.78, 5) is 24.4. The molecule has 0 spiro atoms. The first-order valence-electron chi connectivity index (χ1n) is 5.33. The summed E-state index contributed by atoms with van der Waals surface area (Å²) >= 11 is 0. The van der Waals surface area contributed by atoms with E-state index in [1.807, 2.05) is 4.90 Å². The Morgan fingerprint density at radius 1 is 1.53 bits per heavy atom. The van der Waals surface area contributed by atoms with Crippen LogP contribution in [0.3, 0.4) is 0 Å². The van der Waals surface area contributed by atoms with E-state index in [0.29, 0.717) is 6.54 Å². The van der Waals surface area contributed by atoms with E-state index in [1.54, 1.807) is 0 Å². The fourth-order valence-electron chi connectivity index (χ4n) is 2.54. The van der Waals surface area contributed by atoms with Gasteiger partial charge in [-0.3, -0.25) is 9.59 Å². The Hall–Kier alpha value is -1.06. The van der Waals surface area contributed by atoms with Crippen LogP contribution in [0.15, 0.2) is 0 Å². The Morgan fingerprint density at radius 3 is 2.47 bits per heavy atom. The van der Waals surface area contributed by atoms with E-state index in [0.717, 1.165) is 6.54 Å². The first-order chi connectivity index (χ1) is 6.81. The zero-order valence-corrected chi connectivity index (χ0v) is 9.36. The van der Waals surface area contributed by atoms with Crippen LogP contribution < -0.4 is 0 Å². The molecular formula is C11H17NO3. The van der Waals surface area contributed by atoms with Crippen LogP contribution in [0.1, 0.15) is 20.8 Å². The summed E-state index contributed by atoms with van der Waals surface area (Å²) in [5.41, 5.74) is 0.0885. The molecule has 1 saturated heterocycles. The standard InChI is InChI=1S/C11H17NO3/c1-11(2,3)5-12-4-6-7(9(12)13)8(6)10(14)15/h6-8H,4-5H2,1-3H3,(H,14,15). The average Bonchev–Trinajstić information content (AvgIpc) is 2.66. The number of fused-ring (bicyclic) bond motifs is 1. The van der Waals surface area contributed by atoms with Gasteiger partial charge in [-0.2, -0.15) is 0 Å². The van der Waals surface area contributed by atoms with Gasteiger partial charge in [0.2, 0.25) is 5.91 Å². The first-order valence-corrected chi connectivity index (χ1v) is 5.33. The average molecular weight is 211 g/mol. The van der Waals surface area contributed by atoms with Crippen LogP contribution in [0.5, 0.6) is 0 Å². The maximum Gasteiger partial charge on any atom is 0.307 e. The number of rotatable bonds is 2. The van der Waals surface area contributed by atoms with E-state index in [9.17, 15) is 9.59 Å². The molecule has 1 aliphatic carbocycles. The molecule has 1 N–H and O–H groups in total. The highest BCUT2D eigenvalue weighted by molar-refractivity contribution is 5.93. The van der Waals surface area contributed by atoms with Crippen LogP contribution in [0.25, 0.3) is 0 Å². The van der Waals surface area contributed by atoms with Gasteiger partial charge in [0.25, 0.3) is 0 Å². The molecule has 0 aromatic carbocycles. The SMILES string of the molecule is CC(C)(C)CN1CC2C(C(=O)O)C2C1=O. The third kappa shape index (κ3) is 1.73. The van der Waals surface area contributed by atoms with Gasteiger partial charge in [-0.15, -0.1) is 0 Å². The summed E-state index contributed by atoms with van der Waals surface area (Å²) in [5, 5.41) is 8.82. The van der Waals surface area contributed by atoms with Crippen molar-refractivity contribution >= 4 is 11.9 Å². The number of hydrogen-bond acceptors (Lipinski definition) is 2. The van der Waals surface area contributed by atoms with E-state index >= 15 is 0 Å². The van der Waals surface area contributed by atoms with Crippen LogP contribution in [-0.4, -0.2) is 35.0 Å². The molecule has 0 bridgehead atoms. The summed E-state index contributed by atoms with van der Waals surface area (Å²) in [6.07, 6.45) is 0. The Labute approximate surface area is 89.3 Å². The lowest BCUT2D eigenvalue weighted by Gasteiger charge is -2.28. The second kappa shape index (κ2) is 2.97. The number of carbonyl (C=O) groups is 2. The molecule has 3 atom stereocenters. The zero-order chi connectivity index (χ0) is 11.4. The minimum atomic E-state index is -0.811. The highest BCUT2D eigenvalue weighted by atomic mass is 16.4. The van der Waals surface area contributed by atoms with Gasteiger partial charge in [0.15, 0.2) is 0 Å². The highest BCUT2D eigenvalue weighted by Gasteiger charge is 2.65. The van der Waals surface area contributed by atoms with Crippen molar-refractivity contribution in [2.45, 2.75) is 20.8 Å². The summed E-state index contributed by atoms with van der Waals surface area (Å²) in [5.74, 6) is -1.30. The van der Waals surface area contributed by atoms with Crippen molar-refractivity contribution in [3.63, 3.8) is 0 Å². The fraction of sp³-hybridized carbons (Fsp3) is 0.818. The van der Waals surface area contributed by atoms with Crippen molar-refractivity contribution in [3.05, 3.63) is 0 Å². The second-order valence-electron chi connectivity index (χ2n) is 5.83. The molecule has 15 heavy (non-hydrogen) atoms. The predicted molar refractivity (Wildman–Crippen MR) is 54.1 cm³/mol. The van der Waals surface area contributed by atoms with Gasteiger partial charge in [0, 0.05) is 19.0 Å². The van der Waals surface area contributed by atoms with Gasteiger partial charge in [0.05, 0.1) is 11.8 Å². The second-order valence-corrected chi connectivity index (χ2v) is 5.83. The van der Waals surface area contributed by atoms with Crippen molar-refractivity contribution in [1.29, 1.82) is 0 Å². The molecule has 4 heteroatoms. The molecule has 4 nitrogen and oxygen atoms in total. The number of carbonyl (C=O) groups excluding carboxylic acids is 1. The van der Waals surface area contributed by atoms with Crippen LogP contribution in [0.4, 0.5) is 0 Å². The summed E-state index contributed by atoms with van der Waals surface area (Å²) < 4.78 is 0. The Kier molecular flexibility index (Phi) is 2.07. The van der Waals surface area contributed by atoms with Crippen molar-refractivity contribution in [3.8, 4) is 0 Å². The molecule has 1 heterocycles. The van der Waals surface area contributed by atoms with Gasteiger partial charge >= 0.3 is 5.97 Å². The summed E-state index contributed by atoms with van der Waals surface area (Å²) in [6, 6.07) is 0. The minimum absolute atomic E-state index is 0.0438. The number of piperidine rings is 1. The van der Waals surface area contributed by atoms with Crippen LogP contribution in [0, 0.1) is 23.2 Å². The Balaban J connectivity index is 1.97. The van der Waals surface area contributed by atoms with Crippen LogP contribution in [0.2, 0.25) is 0 Å². The minimum Gasteiger partial charge on any atom is -0.481 e. The fourth-order valence-corrected chi connectivity index (χ4v) is 2.54. The van der Waals surface area contributed by atoms with E-state index < -0.39 is 11.9 Å². The molecular weight excluding hydrogens is 194 g/mol.